The van der Waals surface area contributed by atoms with E-state index in [9.17, 15) is 22.0 Å². The molecule has 6 nitrogen and oxygen atoms in total. The third-order valence-corrected chi connectivity index (χ3v) is 5.00. The van der Waals surface area contributed by atoms with E-state index in [0.29, 0.717) is 0 Å². The number of carbonyl (C=O) groups excluding carboxylic acids is 1. The summed E-state index contributed by atoms with van der Waals surface area (Å²) in [5, 5.41) is 2.19. The maximum Gasteiger partial charge on any atom is 0.262 e. The fourth-order valence-electron chi connectivity index (χ4n) is 1.85. The van der Waals surface area contributed by atoms with Crippen molar-refractivity contribution in [3.63, 3.8) is 0 Å². The molecule has 25 heavy (non-hydrogen) atoms. The lowest BCUT2D eigenvalue weighted by Crippen LogP contribution is -2.22. The van der Waals surface area contributed by atoms with Crippen LogP contribution in [0, 0.1) is 11.6 Å². The molecule has 0 aliphatic rings. The maximum atomic E-state index is 13.4. The fraction of sp³-hybridized carbons (Fsp3) is 0.188. The Balaban J connectivity index is 1.97. The lowest BCUT2D eigenvalue weighted by molar-refractivity contribution is -0.118. The molecule has 0 atom stereocenters. The highest BCUT2D eigenvalue weighted by Crippen LogP contribution is 2.18. The van der Waals surface area contributed by atoms with Crippen molar-refractivity contribution in [2.75, 3.05) is 26.0 Å². The second-order valence-corrected chi connectivity index (χ2v) is 7.37. The molecule has 2 rings (SSSR count). The molecule has 2 aromatic rings. The van der Waals surface area contributed by atoms with Gasteiger partial charge in [-0.25, -0.2) is 21.5 Å². The standard InChI is InChI=1S/C16H16F2N2O4S/c1-20(2)25(22,23)13-6-4-12(5-7-13)24-10-16(21)19-15-9-11(17)3-8-14(15)18/h3-9H,10H2,1-2H3,(H,19,21). The zero-order valence-corrected chi connectivity index (χ0v) is 14.3. The largest absolute Gasteiger partial charge is 0.484 e. The molecule has 0 radical (unpaired) electrons. The van der Waals surface area contributed by atoms with Gasteiger partial charge in [-0.05, 0) is 36.4 Å². The van der Waals surface area contributed by atoms with E-state index in [1.54, 1.807) is 0 Å². The first kappa shape index (κ1) is 18.8. The van der Waals surface area contributed by atoms with Crippen LogP contribution in [0.3, 0.4) is 0 Å². The van der Waals surface area contributed by atoms with E-state index in [1.165, 1.54) is 38.4 Å². The van der Waals surface area contributed by atoms with Gasteiger partial charge in [-0.15, -0.1) is 0 Å². The molecule has 0 heterocycles. The number of ether oxygens (including phenoxy) is 1. The Bertz CT molecular complexity index is 868. The number of hydrogen-bond acceptors (Lipinski definition) is 4. The lowest BCUT2D eigenvalue weighted by atomic mass is 10.3. The van der Waals surface area contributed by atoms with Gasteiger partial charge in [-0.3, -0.25) is 4.79 Å². The van der Waals surface area contributed by atoms with Crippen LogP contribution in [-0.4, -0.2) is 39.3 Å². The number of carbonyl (C=O) groups is 1. The molecule has 0 aromatic heterocycles. The van der Waals surface area contributed by atoms with E-state index in [2.05, 4.69) is 5.32 Å². The van der Waals surface area contributed by atoms with Crippen LogP contribution in [0.25, 0.3) is 0 Å². The maximum absolute atomic E-state index is 13.4. The normalized spacial score (nSPS) is 11.4. The van der Waals surface area contributed by atoms with E-state index in [4.69, 9.17) is 4.74 Å². The summed E-state index contributed by atoms with van der Waals surface area (Å²) in [6.45, 7) is -0.449. The zero-order chi connectivity index (χ0) is 18.6. The molecule has 1 amide bonds. The summed E-state index contributed by atoms with van der Waals surface area (Å²) in [6, 6.07) is 8.16. The number of amides is 1. The van der Waals surface area contributed by atoms with Gasteiger partial charge in [0.25, 0.3) is 5.91 Å². The molecule has 0 saturated heterocycles. The molecule has 0 saturated carbocycles. The molecule has 1 N–H and O–H groups in total. The molecule has 0 spiro atoms. The number of rotatable bonds is 6. The monoisotopic (exact) mass is 370 g/mol. The molecule has 9 heteroatoms. The summed E-state index contributed by atoms with van der Waals surface area (Å²) in [5.41, 5.74) is -0.291. The number of halogens is 2. The Hall–Kier alpha value is -2.52. The third-order valence-electron chi connectivity index (χ3n) is 3.17. The number of nitrogens with zero attached hydrogens (tertiary/aromatic N) is 1. The highest BCUT2D eigenvalue weighted by atomic mass is 32.2. The van der Waals surface area contributed by atoms with Crippen LogP contribution < -0.4 is 10.1 Å². The van der Waals surface area contributed by atoms with Crippen LogP contribution in [0.15, 0.2) is 47.4 Å². The van der Waals surface area contributed by atoms with E-state index in [-0.39, 0.29) is 16.3 Å². The van der Waals surface area contributed by atoms with Gasteiger partial charge in [0.2, 0.25) is 10.0 Å². The highest BCUT2D eigenvalue weighted by Gasteiger charge is 2.17. The zero-order valence-electron chi connectivity index (χ0n) is 13.5. The molecular weight excluding hydrogens is 354 g/mol. The fourth-order valence-corrected chi connectivity index (χ4v) is 2.75. The third kappa shape index (κ3) is 4.74. The van der Waals surface area contributed by atoms with Gasteiger partial charge < -0.3 is 10.1 Å². The van der Waals surface area contributed by atoms with E-state index >= 15 is 0 Å². The molecule has 2 aromatic carbocycles. The quantitative estimate of drug-likeness (QED) is 0.846. The van der Waals surface area contributed by atoms with Gasteiger partial charge in [0, 0.05) is 20.2 Å². The van der Waals surface area contributed by atoms with Crippen LogP contribution in [0.1, 0.15) is 0 Å². The van der Waals surface area contributed by atoms with Crippen molar-refractivity contribution >= 4 is 21.6 Å². The van der Waals surface area contributed by atoms with Gasteiger partial charge in [-0.1, -0.05) is 0 Å². The molecular formula is C16H16F2N2O4S. The summed E-state index contributed by atoms with van der Waals surface area (Å²) in [7, 11) is -0.729. The van der Waals surface area contributed by atoms with Crippen molar-refractivity contribution in [1.82, 2.24) is 4.31 Å². The minimum atomic E-state index is -3.55. The summed E-state index contributed by atoms with van der Waals surface area (Å²) in [5.74, 6) is -1.88. The Morgan fingerprint density at radius 1 is 1.12 bits per heavy atom. The van der Waals surface area contributed by atoms with E-state index in [1.807, 2.05) is 0 Å². The first-order valence-corrected chi connectivity index (χ1v) is 8.54. The van der Waals surface area contributed by atoms with Crippen molar-refractivity contribution in [3.8, 4) is 5.75 Å². The van der Waals surface area contributed by atoms with Crippen LogP contribution >= 0.6 is 0 Å². The highest BCUT2D eigenvalue weighted by molar-refractivity contribution is 7.89. The van der Waals surface area contributed by atoms with Crippen molar-refractivity contribution in [3.05, 3.63) is 54.1 Å². The SMILES string of the molecule is CN(C)S(=O)(=O)c1ccc(OCC(=O)Nc2cc(F)ccc2F)cc1. The minimum Gasteiger partial charge on any atom is -0.484 e. The second kappa shape index (κ2) is 7.58. The lowest BCUT2D eigenvalue weighted by Gasteiger charge is -2.12. The van der Waals surface area contributed by atoms with E-state index < -0.39 is 34.2 Å². The van der Waals surface area contributed by atoms with Crippen LogP contribution in [0.5, 0.6) is 5.75 Å². The van der Waals surface area contributed by atoms with Crippen molar-refractivity contribution < 1.29 is 26.7 Å². The molecule has 0 bridgehead atoms. The van der Waals surface area contributed by atoms with Crippen molar-refractivity contribution in [2.45, 2.75) is 4.90 Å². The number of anilines is 1. The summed E-state index contributed by atoms with van der Waals surface area (Å²) < 4.78 is 56.6. The summed E-state index contributed by atoms with van der Waals surface area (Å²) in [4.78, 5) is 11.8. The molecule has 0 aliphatic carbocycles. The molecule has 0 unspecified atom stereocenters. The van der Waals surface area contributed by atoms with Crippen molar-refractivity contribution in [1.29, 1.82) is 0 Å². The molecule has 0 aliphatic heterocycles. The Kier molecular flexibility index (Phi) is 5.70. The van der Waals surface area contributed by atoms with E-state index in [0.717, 1.165) is 22.5 Å². The predicted molar refractivity (Wildman–Crippen MR) is 87.8 cm³/mol. The van der Waals surface area contributed by atoms with Gasteiger partial charge >= 0.3 is 0 Å². The Morgan fingerprint density at radius 3 is 2.36 bits per heavy atom. The first-order valence-electron chi connectivity index (χ1n) is 7.10. The second-order valence-electron chi connectivity index (χ2n) is 5.22. The molecule has 134 valence electrons. The van der Waals surface area contributed by atoms with Crippen LogP contribution in [0.4, 0.5) is 14.5 Å². The Labute approximate surface area is 144 Å². The van der Waals surface area contributed by atoms with Crippen molar-refractivity contribution in [2.24, 2.45) is 0 Å². The molecule has 0 fully saturated rings. The first-order chi connectivity index (χ1) is 11.7. The number of benzene rings is 2. The van der Waals surface area contributed by atoms with Gasteiger partial charge in [0.1, 0.15) is 17.4 Å². The number of sulfonamides is 1. The smallest absolute Gasteiger partial charge is 0.262 e. The summed E-state index contributed by atoms with van der Waals surface area (Å²) in [6.07, 6.45) is 0. The minimum absolute atomic E-state index is 0.0798. The Morgan fingerprint density at radius 2 is 1.76 bits per heavy atom. The number of nitrogens with one attached hydrogen (secondary N) is 1. The number of hydrogen-bond donors (Lipinski definition) is 1. The van der Waals surface area contributed by atoms with Gasteiger partial charge in [-0.2, -0.15) is 0 Å². The van der Waals surface area contributed by atoms with Gasteiger partial charge in [0.15, 0.2) is 6.61 Å². The predicted octanol–water partition coefficient (Wildman–Crippen LogP) is 2.23. The average molecular weight is 370 g/mol. The van der Waals surface area contributed by atoms with Gasteiger partial charge in [0.05, 0.1) is 10.6 Å². The van der Waals surface area contributed by atoms with Crippen LogP contribution in [0.2, 0.25) is 0 Å². The summed E-state index contributed by atoms with van der Waals surface area (Å²) >= 11 is 0. The van der Waals surface area contributed by atoms with Crippen LogP contribution in [-0.2, 0) is 14.8 Å². The topological polar surface area (TPSA) is 75.7 Å². The average Bonchev–Trinajstić information content (AvgIpc) is 2.56.